The lowest BCUT2D eigenvalue weighted by Crippen LogP contribution is -2.26. The molecule has 0 aliphatic rings. The maximum absolute atomic E-state index is 13.1. The molecule has 0 spiro atoms. The molecule has 3 rings (SSSR count). The maximum Gasteiger partial charge on any atom is 0.339 e. The van der Waals surface area contributed by atoms with Crippen molar-refractivity contribution in [1.29, 1.82) is 5.26 Å². The highest BCUT2D eigenvalue weighted by molar-refractivity contribution is 5.99. The van der Waals surface area contributed by atoms with Gasteiger partial charge in [0.05, 0.1) is 29.5 Å². The van der Waals surface area contributed by atoms with Crippen molar-refractivity contribution < 1.29 is 19.1 Å². The number of nitrogens with one attached hydrogen (secondary N) is 1. The summed E-state index contributed by atoms with van der Waals surface area (Å²) in [5, 5.41) is 11.8. The Hall–Kier alpha value is -4.11. The number of nitriles is 1. The second-order valence-corrected chi connectivity index (χ2v) is 6.31. The van der Waals surface area contributed by atoms with Gasteiger partial charge in [0.25, 0.3) is 5.91 Å². The summed E-state index contributed by atoms with van der Waals surface area (Å²) < 4.78 is 11.1. The van der Waals surface area contributed by atoms with E-state index in [4.69, 9.17) is 14.7 Å². The first-order valence-corrected chi connectivity index (χ1v) is 9.41. The van der Waals surface area contributed by atoms with E-state index in [1.807, 2.05) is 13.0 Å². The van der Waals surface area contributed by atoms with Crippen molar-refractivity contribution in [1.82, 2.24) is 0 Å². The summed E-state index contributed by atoms with van der Waals surface area (Å²) >= 11 is 0. The first-order valence-electron chi connectivity index (χ1n) is 9.41. The third kappa shape index (κ3) is 5.03. The standard InChI is InChI=1S/C24H20N2O4/c1-2-29-21-14-7-6-13-20(21)26-23(27)22(18-10-4-3-5-11-18)30-24(28)19-12-8-9-17(15-19)16-25/h3-15,22H,2H2,1H3,(H,26,27)/t22-/m1/s1. The fourth-order valence-electron chi connectivity index (χ4n) is 2.84. The smallest absolute Gasteiger partial charge is 0.339 e. The average Bonchev–Trinajstić information content (AvgIpc) is 2.79. The fourth-order valence-corrected chi connectivity index (χ4v) is 2.84. The highest BCUT2D eigenvalue weighted by Gasteiger charge is 2.26. The second kappa shape index (κ2) is 9.89. The highest BCUT2D eigenvalue weighted by Crippen LogP contribution is 2.27. The Morgan fingerprint density at radius 2 is 1.73 bits per heavy atom. The third-order valence-electron chi connectivity index (χ3n) is 4.24. The molecule has 30 heavy (non-hydrogen) atoms. The number of anilines is 1. The Bertz CT molecular complexity index is 1070. The molecule has 0 heterocycles. The predicted octanol–water partition coefficient (Wildman–Crippen LogP) is 4.49. The van der Waals surface area contributed by atoms with Crippen molar-refractivity contribution in [3.8, 4) is 11.8 Å². The minimum atomic E-state index is -1.18. The highest BCUT2D eigenvalue weighted by atomic mass is 16.5. The number of nitrogens with zero attached hydrogens (tertiary/aromatic N) is 1. The quantitative estimate of drug-likeness (QED) is 0.590. The molecular weight excluding hydrogens is 380 g/mol. The van der Waals surface area contributed by atoms with Gasteiger partial charge in [0.2, 0.25) is 6.10 Å². The molecule has 1 N–H and O–H groups in total. The van der Waals surface area contributed by atoms with Gasteiger partial charge in [-0.25, -0.2) is 4.79 Å². The van der Waals surface area contributed by atoms with Crippen LogP contribution in [0, 0.1) is 11.3 Å². The van der Waals surface area contributed by atoms with E-state index in [2.05, 4.69) is 5.32 Å². The molecule has 150 valence electrons. The van der Waals surface area contributed by atoms with Crippen LogP contribution in [0.5, 0.6) is 5.75 Å². The van der Waals surface area contributed by atoms with E-state index in [0.29, 0.717) is 29.2 Å². The molecule has 3 aromatic carbocycles. The lowest BCUT2D eigenvalue weighted by Gasteiger charge is -2.19. The number of esters is 1. The average molecular weight is 400 g/mol. The number of hydrogen-bond acceptors (Lipinski definition) is 5. The zero-order chi connectivity index (χ0) is 21.3. The van der Waals surface area contributed by atoms with Crippen LogP contribution in [-0.2, 0) is 9.53 Å². The van der Waals surface area contributed by atoms with Crippen LogP contribution in [0.25, 0.3) is 0 Å². The van der Waals surface area contributed by atoms with Gasteiger partial charge in [0, 0.05) is 5.56 Å². The van der Waals surface area contributed by atoms with E-state index in [0.717, 1.165) is 0 Å². The molecule has 1 amide bonds. The number of carbonyl (C=O) groups is 2. The lowest BCUT2D eigenvalue weighted by atomic mass is 10.1. The van der Waals surface area contributed by atoms with Crippen molar-refractivity contribution in [3.63, 3.8) is 0 Å². The molecule has 6 heteroatoms. The number of carbonyl (C=O) groups excluding carboxylic acids is 2. The number of rotatable bonds is 7. The van der Waals surface area contributed by atoms with Crippen LogP contribution < -0.4 is 10.1 Å². The van der Waals surface area contributed by atoms with Gasteiger partial charge in [-0.3, -0.25) is 4.79 Å². The summed E-state index contributed by atoms with van der Waals surface area (Å²) in [7, 11) is 0. The van der Waals surface area contributed by atoms with Crippen molar-refractivity contribution in [2.75, 3.05) is 11.9 Å². The van der Waals surface area contributed by atoms with Crippen LogP contribution in [0.4, 0.5) is 5.69 Å². The Morgan fingerprint density at radius 3 is 2.47 bits per heavy atom. The first-order chi connectivity index (χ1) is 14.6. The monoisotopic (exact) mass is 400 g/mol. The van der Waals surface area contributed by atoms with Gasteiger partial charge in [-0.1, -0.05) is 48.5 Å². The summed E-state index contributed by atoms with van der Waals surface area (Å²) in [6.07, 6.45) is -1.18. The molecule has 0 aliphatic carbocycles. The SMILES string of the molecule is CCOc1ccccc1NC(=O)[C@H](OC(=O)c1cccc(C#N)c1)c1ccccc1. The van der Waals surface area contributed by atoms with Gasteiger partial charge in [0.1, 0.15) is 5.75 Å². The molecule has 0 radical (unpaired) electrons. The number of benzene rings is 3. The first kappa shape index (κ1) is 20.6. The van der Waals surface area contributed by atoms with Gasteiger partial charge in [-0.05, 0) is 37.3 Å². The van der Waals surface area contributed by atoms with Crippen molar-refractivity contribution in [2.45, 2.75) is 13.0 Å². The zero-order valence-corrected chi connectivity index (χ0v) is 16.4. The van der Waals surface area contributed by atoms with Crippen LogP contribution in [0.2, 0.25) is 0 Å². The molecular formula is C24H20N2O4. The summed E-state index contributed by atoms with van der Waals surface area (Å²) in [4.78, 5) is 25.7. The van der Waals surface area contributed by atoms with Crippen LogP contribution in [-0.4, -0.2) is 18.5 Å². The minimum absolute atomic E-state index is 0.192. The minimum Gasteiger partial charge on any atom is -0.492 e. The Balaban J connectivity index is 1.87. The molecule has 6 nitrogen and oxygen atoms in total. The molecule has 1 atom stereocenters. The van der Waals surface area contributed by atoms with Gasteiger partial charge < -0.3 is 14.8 Å². The van der Waals surface area contributed by atoms with E-state index < -0.39 is 18.0 Å². The molecule has 0 saturated heterocycles. The normalized spacial score (nSPS) is 11.1. The van der Waals surface area contributed by atoms with Crippen molar-refractivity contribution in [3.05, 3.63) is 95.6 Å². The number of ether oxygens (including phenoxy) is 2. The topological polar surface area (TPSA) is 88.4 Å². The molecule has 0 aromatic heterocycles. The summed E-state index contributed by atoms with van der Waals surface area (Å²) in [5.41, 5.74) is 1.52. The second-order valence-electron chi connectivity index (χ2n) is 6.31. The maximum atomic E-state index is 13.1. The van der Waals surface area contributed by atoms with Crippen LogP contribution in [0.15, 0.2) is 78.9 Å². The predicted molar refractivity (Wildman–Crippen MR) is 112 cm³/mol. The van der Waals surface area contributed by atoms with Crippen molar-refractivity contribution in [2.24, 2.45) is 0 Å². The zero-order valence-electron chi connectivity index (χ0n) is 16.4. The Morgan fingerprint density at radius 1 is 1.00 bits per heavy atom. The van der Waals surface area contributed by atoms with Crippen molar-refractivity contribution >= 4 is 17.6 Å². The van der Waals surface area contributed by atoms with E-state index in [1.54, 1.807) is 66.7 Å². The number of para-hydroxylation sites is 2. The third-order valence-corrected chi connectivity index (χ3v) is 4.24. The van der Waals surface area contributed by atoms with Crippen LogP contribution in [0.3, 0.4) is 0 Å². The molecule has 3 aromatic rings. The van der Waals surface area contributed by atoms with Crippen LogP contribution >= 0.6 is 0 Å². The fraction of sp³-hybridized carbons (Fsp3) is 0.125. The summed E-state index contributed by atoms with van der Waals surface area (Å²) in [5.74, 6) is -0.694. The molecule has 0 unspecified atom stereocenters. The number of amides is 1. The largest absolute Gasteiger partial charge is 0.492 e. The summed E-state index contributed by atoms with van der Waals surface area (Å²) in [6.45, 7) is 2.29. The van der Waals surface area contributed by atoms with E-state index in [1.165, 1.54) is 12.1 Å². The molecule has 0 fully saturated rings. The van der Waals surface area contributed by atoms with E-state index >= 15 is 0 Å². The van der Waals surface area contributed by atoms with Gasteiger partial charge in [0.15, 0.2) is 0 Å². The van der Waals surface area contributed by atoms with E-state index in [9.17, 15) is 9.59 Å². The van der Waals surface area contributed by atoms with Crippen LogP contribution in [0.1, 0.15) is 34.5 Å². The van der Waals surface area contributed by atoms with Gasteiger partial charge in [-0.15, -0.1) is 0 Å². The molecule has 0 saturated carbocycles. The molecule has 0 bridgehead atoms. The Labute approximate surface area is 174 Å². The number of hydrogen-bond donors (Lipinski definition) is 1. The van der Waals surface area contributed by atoms with Gasteiger partial charge in [-0.2, -0.15) is 5.26 Å². The Kier molecular flexibility index (Phi) is 6.80. The summed E-state index contributed by atoms with van der Waals surface area (Å²) in [6, 6.07) is 23.9. The molecule has 0 aliphatic heterocycles. The lowest BCUT2D eigenvalue weighted by molar-refractivity contribution is -0.125. The van der Waals surface area contributed by atoms with Gasteiger partial charge >= 0.3 is 5.97 Å². The van der Waals surface area contributed by atoms with E-state index in [-0.39, 0.29) is 5.56 Å².